The van der Waals surface area contributed by atoms with E-state index in [1.54, 1.807) is 26.8 Å². The molecular formula is C17H22N2O4. The molecule has 2 rings (SSSR count). The Kier molecular flexibility index (Phi) is 5.18. The first-order chi connectivity index (χ1) is 10.8. The highest BCUT2D eigenvalue weighted by Crippen LogP contribution is 2.20. The molecule has 0 spiro atoms. The zero-order valence-corrected chi connectivity index (χ0v) is 13.5. The highest BCUT2D eigenvalue weighted by molar-refractivity contribution is 5.78. The number of nitrogens with one attached hydrogen (secondary N) is 1. The number of carbonyl (C=O) groups excluding carboxylic acids is 1. The number of carbonyl (C=O) groups is 1. The Bertz CT molecular complexity index is 682. The van der Waals surface area contributed by atoms with Gasteiger partial charge in [-0.3, -0.25) is 4.98 Å². The number of fused-ring (bicyclic) bond motifs is 1. The quantitative estimate of drug-likeness (QED) is 0.803. The molecule has 6 nitrogen and oxygen atoms in total. The molecule has 1 heterocycles. The SMILES string of the molecule is CC(C)(C)OC(=O)NCC(O)C(O)c1cnc2ccccc2c1. The number of alkyl carbamates (subject to hydrolysis) is 1. The Balaban J connectivity index is 1.98. The van der Waals surface area contributed by atoms with Crippen molar-refractivity contribution in [1.29, 1.82) is 0 Å². The van der Waals surface area contributed by atoms with E-state index in [4.69, 9.17) is 4.74 Å². The number of hydrogen-bond acceptors (Lipinski definition) is 5. The molecule has 2 unspecified atom stereocenters. The fraction of sp³-hybridized carbons (Fsp3) is 0.412. The summed E-state index contributed by atoms with van der Waals surface area (Å²) < 4.78 is 5.08. The predicted molar refractivity (Wildman–Crippen MR) is 86.9 cm³/mol. The first kappa shape index (κ1) is 17.2. The van der Waals surface area contributed by atoms with Crippen LogP contribution in [0.3, 0.4) is 0 Å². The molecule has 0 aliphatic heterocycles. The van der Waals surface area contributed by atoms with Gasteiger partial charge in [-0.2, -0.15) is 0 Å². The van der Waals surface area contributed by atoms with E-state index in [9.17, 15) is 15.0 Å². The van der Waals surface area contributed by atoms with Crippen LogP contribution >= 0.6 is 0 Å². The van der Waals surface area contributed by atoms with E-state index in [-0.39, 0.29) is 6.54 Å². The molecule has 6 heteroatoms. The van der Waals surface area contributed by atoms with E-state index >= 15 is 0 Å². The third kappa shape index (κ3) is 4.91. The van der Waals surface area contributed by atoms with Gasteiger partial charge < -0.3 is 20.3 Å². The fourth-order valence-corrected chi connectivity index (χ4v) is 2.09. The van der Waals surface area contributed by atoms with Crippen LogP contribution in [0.2, 0.25) is 0 Å². The summed E-state index contributed by atoms with van der Waals surface area (Å²) in [5.74, 6) is 0. The second-order valence-corrected chi connectivity index (χ2v) is 6.36. The minimum Gasteiger partial charge on any atom is -0.444 e. The Morgan fingerprint density at radius 1 is 1.30 bits per heavy atom. The molecule has 0 bridgehead atoms. The van der Waals surface area contributed by atoms with Gasteiger partial charge in [0.05, 0.1) is 5.52 Å². The fourth-order valence-electron chi connectivity index (χ4n) is 2.09. The molecule has 3 N–H and O–H groups in total. The monoisotopic (exact) mass is 318 g/mol. The summed E-state index contributed by atoms with van der Waals surface area (Å²) in [6, 6.07) is 9.27. The summed E-state index contributed by atoms with van der Waals surface area (Å²) in [5.41, 5.74) is 0.683. The van der Waals surface area contributed by atoms with E-state index in [1.165, 1.54) is 6.20 Å². The number of amides is 1. The van der Waals surface area contributed by atoms with Crippen LogP contribution in [0.25, 0.3) is 10.9 Å². The number of hydrogen-bond donors (Lipinski definition) is 3. The molecule has 1 aromatic heterocycles. The molecule has 0 aliphatic carbocycles. The van der Waals surface area contributed by atoms with Gasteiger partial charge >= 0.3 is 6.09 Å². The number of aliphatic hydroxyl groups excluding tert-OH is 2. The molecule has 0 aliphatic rings. The average molecular weight is 318 g/mol. The van der Waals surface area contributed by atoms with Gasteiger partial charge in [0.25, 0.3) is 0 Å². The normalized spacial score (nSPS) is 14.3. The Hall–Kier alpha value is -2.18. The molecule has 124 valence electrons. The van der Waals surface area contributed by atoms with E-state index in [0.29, 0.717) is 5.56 Å². The minimum atomic E-state index is -1.16. The van der Waals surface area contributed by atoms with Crippen LogP contribution in [0.1, 0.15) is 32.4 Å². The van der Waals surface area contributed by atoms with E-state index in [2.05, 4.69) is 10.3 Å². The summed E-state index contributed by atoms with van der Waals surface area (Å²) in [4.78, 5) is 15.8. The predicted octanol–water partition coefficient (Wildman–Crippen LogP) is 2.15. The van der Waals surface area contributed by atoms with Gasteiger partial charge in [0.2, 0.25) is 0 Å². The largest absolute Gasteiger partial charge is 0.444 e. The topological polar surface area (TPSA) is 91.7 Å². The maximum atomic E-state index is 11.6. The van der Waals surface area contributed by atoms with Crippen LogP contribution < -0.4 is 5.32 Å². The van der Waals surface area contributed by atoms with E-state index in [0.717, 1.165) is 10.9 Å². The molecule has 1 aromatic carbocycles. The van der Waals surface area contributed by atoms with Crippen LogP contribution in [0.5, 0.6) is 0 Å². The standard InChI is InChI=1S/C17H22N2O4/c1-17(2,3)23-16(22)19-10-14(20)15(21)12-8-11-6-4-5-7-13(11)18-9-12/h4-9,14-15,20-21H,10H2,1-3H3,(H,19,22). The molecule has 0 radical (unpaired) electrons. The second kappa shape index (κ2) is 6.93. The molecule has 23 heavy (non-hydrogen) atoms. The van der Waals surface area contributed by atoms with Crippen molar-refractivity contribution in [2.24, 2.45) is 0 Å². The maximum absolute atomic E-state index is 11.6. The van der Waals surface area contributed by atoms with Gasteiger partial charge in [-0.1, -0.05) is 18.2 Å². The van der Waals surface area contributed by atoms with Crippen LogP contribution in [0.15, 0.2) is 36.5 Å². The molecule has 2 atom stereocenters. The zero-order valence-electron chi connectivity index (χ0n) is 13.5. The summed E-state index contributed by atoms with van der Waals surface area (Å²) in [5, 5.41) is 23.6. The lowest BCUT2D eigenvalue weighted by Gasteiger charge is -2.22. The molecule has 1 amide bonds. The summed E-state index contributed by atoms with van der Waals surface area (Å²) in [6.45, 7) is 5.12. The molecule has 2 aromatic rings. The highest BCUT2D eigenvalue weighted by Gasteiger charge is 2.22. The van der Waals surface area contributed by atoms with E-state index < -0.39 is 23.9 Å². The van der Waals surface area contributed by atoms with Crippen molar-refractivity contribution in [3.05, 3.63) is 42.1 Å². The van der Waals surface area contributed by atoms with Gasteiger partial charge in [-0.05, 0) is 32.9 Å². The number of aliphatic hydroxyl groups is 2. The van der Waals surface area contributed by atoms with Gasteiger partial charge in [-0.25, -0.2) is 4.79 Å². The third-order valence-corrected chi connectivity index (χ3v) is 3.17. The summed E-state index contributed by atoms with van der Waals surface area (Å²) in [6.07, 6.45) is -1.43. The van der Waals surface area contributed by atoms with Gasteiger partial charge in [-0.15, -0.1) is 0 Å². The first-order valence-corrected chi connectivity index (χ1v) is 7.44. The van der Waals surface area contributed by atoms with Crippen molar-refractivity contribution in [2.75, 3.05) is 6.54 Å². The number of aromatic nitrogens is 1. The number of ether oxygens (including phenoxy) is 1. The number of para-hydroxylation sites is 1. The van der Waals surface area contributed by atoms with Crippen molar-refractivity contribution >= 4 is 17.0 Å². The van der Waals surface area contributed by atoms with Crippen molar-refractivity contribution < 1.29 is 19.7 Å². The minimum absolute atomic E-state index is 0.122. The average Bonchev–Trinajstić information content (AvgIpc) is 2.49. The van der Waals surface area contributed by atoms with E-state index in [1.807, 2.05) is 24.3 Å². The number of benzene rings is 1. The Morgan fingerprint density at radius 2 is 2.00 bits per heavy atom. The molecule has 0 saturated heterocycles. The summed E-state index contributed by atoms with van der Waals surface area (Å²) in [7, 11) is 0. The molecular weight excluding hydrogens is 296 g/mol. The maximum Gasteiger partial charge on any atom is 0.407 e. The van der Waals surface area contributed by atoms with Gasteiger partial charge in [0.1, 0.15) is 17.8 Å². The Morgan fingerprint density at radius 3 is 2.70 bits per heavy atom. The third-order valence-electron chi connectivity index (χ3n) is 3.17. The Labute approximate surface area is 135 Å². The van der Waals surface area contributed by atoms with Crippen molar-refractivity contribution in [1.82, 2.24) is 10.3 Å². The highest BCUT2D eigenvalue weighted by atomic mass is 16.6. The number of rotatable bonds is 4. The molecule has 0 fully saturated rings. The second-order valence-electron chi connectivity index (χ2n) is 6.36. The van der Waals surface area contributed by atoms with Gasteiger partial charge in [0, 0.05) is 23.7 Å². The lowest BCUT2D eigenvalue weighted by atomic mass is 10.0. The zero-order chi connectivity index (χ0) is 17.0. The van der Waals surface area contributed by atoms with Crippen molar-refractivity contribution in [3.8, 4) is 0 Å². The van der Waals surface area contributed by atoms with Crippen molar-refractivity contribution in [3.63, 3.8) is 0 Å². The molecule has 0 saturated carbocycles. The van der Waals surface area contributed by atoms with Crippen LogP contribution in [-0.4, -0.2) is 39.5 Å². The van der Waals surface area contributed by atoms with Crippen LogP contribution in [0.4, 0.5) is 4.79 Å². The van der Waals surface area contributed by atoms with Crippen LogP contribution in [-0.2, 0) is 4.74 Å². The number of nitrogens with zero attached hydrogens (tertiary/aromatic N) is 1. The van der Waals surface area contributed by atoms with Crippen molar-refractivity contribution in [2.45, 2.75) is 38.6 Å². The van der Waals surface area contributed by atoms with Crippen LogP contribution in [0, 0.1) is 0 Å². The summed E-state index contributed by atoms with van der Waals surface area (Å²) >= 11 is 0. The first-order valence-electron chi connectivity index (χ1n) is 7.44. The smallest absolute Gasteiger partial charge is 0.407 e. The number of pyridine rings is 1. The lowest BCUT2D eigenvalue weighted by molar-refractivity contribution is 0.0128. The lowest BCUT2D eigenvalue weighted by Crippen LogP contribution is -2.38. The van der Waals surface area contributed by atoms with Gasteiger partial charge in [0.15, 0.2) is 0 Å².